The van der Waals surface area contributed by atoms with Crippen LogP contribution >= 0.6 is 15.9 Å². The van der Waals surface area contributed by atoms with Crippen LogP contribution in [0.3, 0.4) is 0 Å². The minimum Gasteiger partial charge on any atom is -0.480 e. The molecular formula is C13H15BrN2O4. The molecule has 1 rings (SSSR count). The van der Waals surface area contributed by atoms with Crippen molar-refractivity contribution in [3.63, 3.8) is 0 Å². The molecule has 6 nitrogen and oxygen atoms in total. The van der Waals surface area contributed by atoms with Crippen molar-refractivity contribution in [3.8, 4) is 0 Å². The minimum atomic E-state index is -1.10. The predicted octanol–water partition coefficient (Wildman–Crippen LogP) is 1.16. The van der Waals surface area contributed by atoms with E-state index in [-0.39, 0.29) is 18.9 Å². The molecule has 0 aliphatic rings. The third-order valence-electron chi connectivity index (χ3n) is 2.49. The molecule has 1 aromatic carbocycles. The van der Waals surface area contributed by atoms with Gasteiger partial charge in [-0.15, -0.1) is 0 Å². The van der Waals surface area contributed by atoms with Crippen molar-refractivity contribution in [2.75, 3.05) is 6.54 Å². The van der Waals surface area contributed by atoms with Crippen LogP contribution in [-0.4, -0.2) is 35.5 Å². The highest BCUT2D eigenvalue weighted by atomic mass is 79.9. The fourth-order valence-electron chi connectivity index (χ4n) is 1.37. The van der Waals surface area contributed by atoms with E-state index in [1.807, 2.05) is 0 Å². The quantitative estimate of drug-likeness (QED) is 0.722. The Labute approximate surface area is 124 Å². The van der Waals surface area contributed by atoms with Gasteiger partial charge in [-0.2, -0.15) is 0 Å². The molecule has 0 fully saturated rings. The van der Waals surface area contributed by atoms with Gasteiger partial charge in [0.25, 0.3) is 5.91 Å². The van der Waals surface area contributed by atoms with E-state index in [4.69, 9.17) is 5.11 Å². The van der Waals surface area contributed by atoms with Crippen LogP contribution in [-0.2, 0) is 9.59 Å². The molecule has 1 atom stereocenters. The molecule has 7 heteroatoms. The number of hydrogen-bond donors (Lipinski definition) is 3. The molecule has 0 aliphatic carbocycles. The van der Waals surface area contributed by atoms with Gasteiger partial charge in [0, 0.05) is 23.0 Å². The van der Waals surface area contributed by atoms with Gasteiger partial charge in [0.1, 0.15) is 6.04 Å². The lowest BCUT2D eigenvalue weighted by Gasteiger charge is -2.09. The lowest BCUT2D eigenvalue weighted by molar-refractivity contribution is -0.141. The van der Waals surface area contributed by atoms with Crippen LogP contribution < -0.4 is 10.6 Å². The van der Waals surface area contributed by atoms with E-state index in [1.165, 1.54) is 6.92 Å². The van der Waals surface area contributed by atoms with Gasteiger partial charge in [0.2, 0.25) is 5.91 Å². The average molecular weight is 343 g/mol. The number of carboxylic acid groups (broad SMARTS) is 1. The molecule has 0 unspecified atom stereocenters. The smallest absolute Gasteiger partial charge is 0.325 e. The summed E-state index contributed by atoms with van der Waals surface area (Å²) >= 11 is 3.27. The zero-order valence-corrected chi connectivity index (χ0v) is 12.4. The van der Waals surface area contributed by atoms with E-state index in [1.54, 1.807) is 24.3 Å². The average Bonchev–Trinajstić information content (AvgIpc) is 2.39. The van der Waals surface area contributed by atoms with Crippen molar-refractivity contribution >= 4 is 33.7 Å². The highest BCUT2D eigenvalue weighted by molar-refractivity contribution is 9.10. The Morgan fingerprint density at radius 3 is 2.40 bits per heavy atom. The van der Waals surface area contributed by atoms with Crippen LogP contribution in [0, 0.1) is 0 Å². The van der Waals surface area contributed by atoms with Crippen LogP contribution in [0.15, 0.2) is 28.7 Å². The van der Waals surface area contributed by atoms with Crippen LogP contribution in [0.2, 0.25) is 0 Å². The first kappa shape index (κ1) is 16.2. The van der Waals surface area contributed by atoms with Crippen LogP contribution in [0.5, 0.6) is 0 Å². The Balaban J connectivity index is 2.33. The van der Waals surface area contributed by atoms with Crippen molar-refractivity contribution in [1.29, 1.82) is 0 Å². The number of nitrogens with one attached hydrogen (secondary N) is 2. The number of halogens is 1. The molecule has 20 heavy (non-hydrogen) atoms. The lowest BCUT2D eigenvalue weighted by Crippen LogP contribution is -2.39. The molecular weight excluding hydrogens is 328 g/mol. The zero-order chi connectivity index (χ0) is 15.1. The number of rotatable bonds is 6. The summed E-state index contributed by atoms with van der Waals surface area (Å²) in [6.07, 6.45) is 0.0277. The number of benzene rings is 1. The maximum atomic E-state index is 11.7. The standard InChI is InChI=1S/C13H15BrN2O4/c1-8(13(19)20)16-11(17)6-7-15-12(18)9-2-4-10(14)5-3-9/h2-5,8H,6-7H2,1H3,(H,15,18)(H,16,17)(H,19,20)/t8-/m1/s1. The maximum absolute atomic E-state index is 11.7. The summed E-state index contributed by atoms with van der Waals surface area (Å²) in [5.41, 5.74) is 0.493. The van der Waals surface area contributed by atoms with Crippen molar-refractivity contribution in [2.45, 2.75) is 19.4 Å². The third-order valence-corrected chi connectivity index (χ3v) is 3.02. The van der Waals surface area contributed by atoms with Gasteiger partial charge in [-0.05, 0) is 31.2 Å². The first-order chi connectivity index (χ1) is 9.40. The molecule has 3 N–H and O–H groups in total. The number of hydrogen-bond acceptors (Lipinski definition) is 3. The number of carbonyl (C=O) groups excluding carboxylic acids is 2. The van der Waals surface area contributed by atoms with E-state index in [0.717, 1.165) is 4.47 Å². The molecule has 0 saturated carbocycles. The highest BCUT2D eigenvalue weighted by Crippen LogP contribution is 2.10. The van der Waals surface area contributed by atoms with Gasteiger partial charge < -0.3 is 15.7 Å². The summed E-state index contributed by atoms with van der Waals surface area (Å²) in [6, 6.07) is 5.87. The Morgan fingerprint density at radius 2 is 1.85 bits per heavy atom. The Kier molecular flexibility index (Phi) is 6.17. The van der Waals surface area contributed by atoms with Gasteiger partial charge >= 0.3 is 5.97 Å². The van der Waals surface area contributed by atoms with Gasteiger partial charge in [0.05, 0.1) is 0 Å². The van der Waals surface area contributed by atoms with Crippen molar-refractivity contribution in [1.82, 2.24) is 10.6 Å². The van der Waals surface area contributed by atoms with Crippen LogP contribution in [0.4, 0.5) is 0 Å². The van der Waals surface area contributed by atoms with E-state index < -0.39 is 17.9 Å². The molecule has 0 saturated heterocycles. The highest BCUT2D eigenvalue weighted by Gasteiger charge is 2.13. The van der Waals surface area contributed by atoms with E-state index in [0.29, 0.717) is 5.56 Å². The molecule has 0 bridgehead atoms. The van der Waals surface area contributed by atoms with E-state index in [9.17, 15) is 14.4 Å². The first-order valence-corrected chi connectivity index (χ1v) is 6.75. The third kappa shape index (κ3) is 5.40. The Bertz CT molecular complexity index is 502. The fourth-order valence-corrected chi connectivity index (χ4v) is 1.63. The van der Waals surface area contributed by atoms with E-state index >= 15 is 0 Å². The fraction of sp³-hybridized carbons (Fsp3) is 0.308. The lowest BCUT2D eigenvalue weighted by atomic mass is 10.2. The molecule has 2 amide bonds. The molecule has 0 heterocycles. The number of carbonyl (C=O) groups is 3. The monoisotopic (exact) mass is 342 g/mol. The van der Waals surface area contributed by atoms with Gasteiger partial charge in [-0.25, -0.2) is 0 Å². The molecule has 0 aromatic heterocycles. The number of aliphatic carboxylic acids is 1. The van der Waals surface area contributed by atoms with Crippen LogP contribution in [0.1, 0.15) is 23.7 Å². The second kappa shape index (κ2) is 7.64. The molecule has 0 spiro atoms. The van der Waals surface area contributed by atoms with Crippen molar-refractivity contribution < 1.29 is 19.5 Å². The summed E-state index contributed by atoms with van der Waals surface area (Å²) in [5.74, 6) is -1.80. The molecule has 1 aromatic rings. The van der Waals surface area contributed by atoms with Crippen molar-refractivity contribution in [3.05, 3.63) is 34.3 Å². The maximum Gasteiger partial charge on any atom is 0.325 e. The molecule has 0 radical (unpaired) electrons. The molecule has 0 aliphatic heterocycles. The molecule has 108 valence electrons. The van der Waals surface area contributed by atoms with E-state index in [2.05, 4.69) is 26.6 Å². The summed E-state index contributed by atoms with van der Waals surface area (Å²) in [5, 5.41) is 13.5. The Morgan fingerprint density at radius 1 is 1.25 bits per heavy atom. The second-order valence-electron chi connectivity index (χ2n) is 4.14. The van der Waals surface area contributed by atoms with Crippen molar-refractivity contribution in [2.24, 2.45) is 0 Å². The van der Waals surface area contributed by atoms with Gasteiger partial charge in [0.15, 0.2) is 0 Å². The number of carboxylic acids is 1. The van der Waals surface area contributed by atoms with Gasteiger partial charge in [-0.1, -0.05) is 15.9 Å². The topological polar surface area (TPSA) is 95.5 Å². The number of amides is 2. The summed E-state index contributed by atoms with van der Waals surface area (Å²) in [7, 11) is 0. The normalized spacial score (nSPS) is 11.5. The largest absolute Gasteiger partial charge is 0.480 e. The summed E-state index contributed by atoms with van der Waals surface area (Å²) in [6.45, 7) is 1.52. The predicted molar refractivity (Wildman–Crippen MR) is 76.3 cm³/mol. The first-order valence-electron chi connectivity index (χ1n) is 5.96. The zero-order valence-electron chi connectivity index (χ0n) is 10.9. The summed E-state index contributed by atoms with van der Waals surface area (Å²) < 4.78 is 0.871. The summed E-state index contributed by atoms with van der Waals surface area (Å²) in [4.78, 5) is 33.6. The second-order valence-corrected chi connectivity index (χ2v) is 5.06. The Hall–Kier alpha value is -1.89. The SMILES string of the molecule is C[C@@H](NC(=O)CCNC(=O)c1ccc(Br)cc1)C(=O)O. The van der Waals surface area contributed by atoms with Gasteiger partial charge in [-0.3, -0.25) is 14.4 Å². The van der Waals surface area contributed by atoms with Crippen LogP contribution in [0.25, 0.3) is 0 Å². The minimum absolute atomic E-state index is 0.0277.